The van der Waals surface area contributed by atoms with Gasteiger partial charge in [0.1, 0.15) is 6.04 Å². The molecule has 1 amide bonds. The number of carbonyl (C=O) groups is 2. The normalized spacial score (nSPS) is 24.7. The van der Waals surface area contributed by atoms with Crippen molar-refractivity contribution in [2.45, 2.75) is 51.0 Å². The molecular formula is C14H22N4O3. The van der Waals surface area contributed by atoms with Gasteiger partial charge in [0.2, 0.25) is 5.91 Å². The molecule has 0 bridgehead atoms. The molecule has 1 heterocycles. The summed E-state index contributed by atoms with van der Waals surface area (Å²) in [6.07, 6.45) is 6.50. The van der Waals surface area contributed by atoms with Gasteiger partial charge in [-0.15, -0.1) is 0 Å². The van der Waals surface area contributed by atoms with E-state index >= 15 is 0 Å². The van der Waals surface area contributed by atoms with Crippen LogP contribution in [0.25, 0.3) is 10.4 Å². The summed E-state index contributed by atoms with van der Waals surface area (Å²) < 4.78 is 0. The topological polar surface area (TPSA) is 106 Å². The van der Waals surface area contributed by atoms with Crippen molar-refractivity contribution in [2.24, 2.45) is 17.0 Å². The maximum atomic E-state index is 12.1. The van der Waals surface area contributed by atoms with Crippen LogP contribution < -0.4 is 0 Å². The number of azide groups is 1. The van der Waals surface area contributed by atoms with E-state index in [4.69, 9.17) is 5.53 Å². The van der Waals surface area contributed by atoms with Gasteiger partial charge in [0.15, 0.2) is 0 Å². The Labute approximate surface area is 123 Å². The summed E-state index contributed by atoms with van der Waals surface area (Å²) in [5.41, 5.74) is 8.34. The Morgan fingerprint density at radius 1 is 1.38 bits per heavy atom. The molecule has 7 heteroatoms. The summed E-state index contributed by atoms with van der Waals surface area (Å²) in [5, 5.41) is 13.0. The van der Waals surface area contributed by atoms with Gasteiger partial charge < -0.3 is 10.0 Å². The van der Waals surface area contributed by atoms with Crippen LogP contribution in [-0.4, -0.2) is 41.0 Å². The molecule has 1 N–H and O–H groups in total. The van der Waals surface area contributed by atoms with E-state index in [0.29, 0.717) is 18.9 Å². The van der Waals surface area contributed by atoms with Crippen molar-refractivity contribution in [1.82, 2.24) is 4.90 Å². The van der Waals surface area contributed by atoms with Crippen LogP contribution >= 0.6 is 0 Å². The molecule has 0 aromatic carbocycles. The molecule has 2 atom stereocenters. The lowest BCUT2D eigenvalue weighted by Crippen LogP contribution is -2.43. The molecule has 21 heavy (non-hydrogen) atoms. The molecule has 116 valence electrons. The summed E-state index contributed by atoms with van der Waals surface area (Å²) in [6.45, 7) is 0.649. The smallest absolute Gasteiger partial charge is 0.326 e. The van der Waals surface area contributed by atoms with Crippen LogP contribution in [-0.2, 0) is 9.59 Å². The lowest BCUT2D eigenvalue weighted by atomic mass is 9.84. The average molecular weight is 294 g/mol. The molecule has 0 spiro atoms. The fourth-order valence-corrected chi connectivity index (χ4v) is 3.48. The Balaban J connectivity index is 1.98. The molecule has 1 saturated carbocycles. The predicted octanol–water partition coefficient (Wildman–Crippen LogP) is 2.57. The summed E-state index contributed by atoms with van der Waals surface area (Å²) in [4.78, 5) is 27.8. The van der Waals surface area contributed by atoms with Gasteiger partial charge >= 0.3 is 5.97 Å². The van der Waals surface area contributed by atoms with E-state index in [9.17, 15) is 14.7 Å². The molecule has 1 aliphatic heterocycles. The number of aliphatic carboxylic acids is 1. The zero-order valence-corrected chi connectivity index (χ0v) is 12.1. The molecule has 0 aromatic rings. The number of rotatable bonds is 6. The van der Waals surface area contributed by atoms with E-state index in [1.54, 1.807) is 0 Å². The van der Waals surface area contributed by atoms with Crippen molar-refractivity contribution in [2.75, 3.05) is 13.1 Å². The van der Waals surface area contributed by atoms with Crippen LogP contribution in [0.2, 0.25) is 0 Å². The van der Waals surface area contributed by atoms with Crippen LogP contribution in [0.4, 0.5) is 0 Å². The Hall–Kier alpha value is -1.75. The first-order valence-electron chi connectivity index (χ1n) is 7.65. The van der Waals surface area contributed by atoms with E-state index in [1.165, 1.54) is 11.3 Å². The van der Waals surface area contributed by atoms with Crippen molar-refractivity contribution in [3.8, 4) is 0 Å². The highest BCUT2D eigenvalue weighted by Crippen LogP contribution is 2.31. The minimum absolute atomic E-state index is 0.0541. The highest BCUT2D eigenvalue weighted by molar-refractivity contribution is 5.85. The van der Waals surface area contributed by atoms with Crippen LogP contribution in [0.1, 0.15) is 44.9 Å². The third kappa shape index (κ3) is 4.11. The molecule has 1 saturated heterocycles. The Kier molecular flexibility index (Phi) is 5.44. The average Bonchev–Trinajstić information content (AvgIpc) is 2.84. The summed E-state index contributed by atoms with van der Waals surface area (Å²) in [7, 11) is 0. The van der Waals surface area contributed by atoms with Crippen LogP contribution in [0.5, 0.6) is 0 Å². The quantitative estimate of drug-likeness (QED) is 0.462. The number of nitrogens with zero attached hydrogens (tertiary/aromatic N) is 4. The van der Waals surface area contributed by atoms with Gasteiger partial charge in [-0.3, -0.25) is 4.79 Å². The third-order valence-electron chi connectivity index (χ3n) is 4.58. The van der Waals surface area contributed by atoms with Crippen molar-refractivity contribution in [3.63, 3.8) is 0 Å². The first-order valence-corrected chi connectivity index (χ1v) is 7.65. The fraction of sp³-hybridized carbons (Fsp3) is 0.857. The second-order valence-corrected chi connectivity index (χ2v) is 6.12. The molecule has 2 aliphatic rings. The van der Waals surface area contributed by atoms with Gasteiger partial charge in [0, 0.05) is 24.4 Å². The predicted molar refractivity (Wildman–Crippen MR) is 76.4 cm³/mol. The van der Waals surface area contributed by atoms with Crippen LogP contribution in [0, 0.1) is 11.8 Å². The number of likely N-dealkylation sites (tertiary alicyclic amines) is 1. The lowest BCUT2D eigenvalue weighted by Gasteiger charge is -2.30. The van der Waals surface area contributed by atoms with E-state index < -0.39 is 12.0 Å². The Morgan fingerprint density at radius 3 is 2.71 bits per heavy atom. The largest absolute Gasteiger partial charge is 0.480 e. The van der Waals surface area contributed by atoms with Crippen LogP contribution in [0.15, 0.2) is 5.11 Å². The van der Waals surface area contributed by atoms with Gasteiger partial charge in [0.25, 0.3) is 0 Å². The van der Waals surface area contributed by atoms with Crippen LogP contribution in [0.3, 0.4) is 0 Å². The van der Waals surface area contributed by atoms with E-state index in [1.807, 2.05) is 0 Å². The molecule has 1 aliphatic carbocycles. The number of amides is 1. The summed E-state index contributed by atoms with van der Waals surface area (Å²) in [5.74, 6) is -0.694. The van der Waals surface area contributed by atoms with Crippen molar-refractivity contribution < 1.29 is 14.7 Å². The SMILES string of the molecule is [N-]=[N+]=NCC1CC(=O)N([C@@H](CC2CCCCC2)C(=O)O)C1. The summed E-state index contributed by atoms with van der Waals surface area (Å²) in [6, 6.07) is -0.725. The van der Waals surface area contributed by atoms with Crippen molar-refractivity contribution in [1.29, 1.82) is 0 Å². The van der Waals surface area contributed by atoms with Gasteiger partial charge in [-0.25, -0.2) is 4.79 Å². The molecule has 0 radical (unpaired) electrons. The Bertz CT molecular complexity index is 442. The van der Waals surface area contributed by atoms with Gasteiger partial charge in [-0.2, -0.15) is 0 Å². The number of carbonyl (C=O) groups excluding carboxylic acids is 1. The first kappa shape index (κ1) is 15.6. The monoisotopic (exact) mass is 294 g/mol. The highest BCUT2D eigenvalue weighted by Gasteiger charge is 2.38. The molecule has 2 rings (SSSR count). The number of carboxylic acid groups (broad SMARTS) is 1. The zero-order valence-electron chi connectivity index (χ0n) is 12.1. The first-order chi connectivity index (χ1) is 10.1. The lowest BCUT2D eigenvalue weighted by molar-refractivity contribution is -0.149. The zero-order chi connectivity index (χ0) is 15.2. The second-order valence-electron chi connectivity index (χ2n) is 6.12. The summed E-state index contributed by atoms with van der Waals surface area (Å²) >= 11 is 0. The third-order valence-corrected chi connectivity index (χ3v) is 4.58. The number of carboxylic acids is 1. The van der Waals surface area contributed by atoms with Gasteiger partial charge in [-0.1, -0.05) is 37.2 Å². The van der Waals surface area contributed by atoms with Gasteiger partial charge in [-0.05, 0) is 23.8 Å². The Morgan fingerprint density at radius 2 is 2.10 bits per heavy atom. The van der Waals surface area contributed by atoms with Gasteiger partial charge in [0.05, 0.1) is 0 Å². The van der Waals surface area contributed by atoms with E-state index in [0.717, 1.165) is 25.7 Å². The maximum Gasteiger partial charge on any atom is 0.326 e. The van der Waals surface area contributed by atoms with E-state index in [2.05, 4.69) is 10.0 Å². The second kappa shape index (κ2) is 7.31. The highest BCUT2D eigenvalue weighted by atomic mass is 16.4. The minimum atomic E-state index is -0.918. The van der Waals surface area contributed by atoms with E-state index in [-0.39, 0.29) is 24.8 Å². The standard InChI is InChI=1S/C14H22N4O3/c15-17-16-8-11-7-13(19)18(9-11)12(14(20)21)6-10-4-2-1-3-5-10/h10-12H,1-9H2,(H,20,21)/t11?,12-/m0/s1. The van der Waals surface area contributed by atoms with Crippen molar-refractivity contribution in [3.05, 3.63) is 10.4 Å². The molecule has 2 fully saturated rings. The fourth-order valence-electron chi connectivity index (χ4n) is 3.48. The molecule has 0 aromatic heterocycles. The molecule has 7 nitrogen and oxygen atoms in total. The molecular weight excluding hydrogens is 272 g/mol. The molecule has 1 unspecified atom stereocenters. The maximum absolute atomic E-state index is 12.1. The minimum Gasteiger partial charge on any atom is -0.480 e. The number of hydrogen-bond donors (Lipinski definition) is 1. The number of hydrogen-bond acceptors (Lipinski definition) is 3. The van der Waals surface area contributed by atoms with Crippen molar-refractivity contribution >= 4 is 11.9 Å².